The third-order valence-electron chi connectivity index (χ3n) is 3.67. The van der Waals surface area contributed by atoms with E-state index in [-0.39, 0.29) is 30.6 Å². The highest BCUT2D eigenvalue weighted by molar-refractivity contribution is 9.50. The number of carbonyl (C=O) groups is 3. The number of fused-ring (bicyclic) bond motifs is 1. The van der Waals surface area contributed by atoms with Crippen LogP contribution in [0.5, 0.6) is 0 Å². The normalized spacial score (nSPS) is 13.6. The van der Waals surface area contributed by atoms with Gasteiger partial charge < -0.3 is 0 Å². The zero-order chi connectivity index (χ0) is 15.9. The van der Waals surface area contributed by atoms with E-state index in [1.165, 1.54) is 4.90 Å². The Kier molecular flexibility index (Phi) is 6.64. The van der Waals surface area contributed by atoms with Crippen LogP contribution in [0.25, 0.3) is 0 Å². The van der Waals surface area contributed by atoms with E-state index in [4.69, 9.17) is 0 Å². The fourth-order valence-corrected chi connectivity index (χ4v) is 3.46. The number of benzene rings is 1. The van der Waals surface area contributed by atoms with Crippen molar-refractivity contribution in [3.8, 4) is 0 Å². The monoisotopic (exact) mass is 383 g/mol. The molecule has 0 unspecified atom stereocenters. The minimum Gasteiger partial charge on any atom is -0.300 e. The van der Waals surface area contributed by atoms with Gasteiger partial charge in [-0.05, 0) is 39.8 Å². The molecule has 118 valence electrons. The van der Waals surface area contributed by atoms with E-state index in [0.717, 1.165) is 25.0 Å². The number of hydrogen-bond acceptors (Lipinski definition) is 4. The second-order valence-corrected chi connectivity index (χ2v) is 7.22. The van der Waals surface area contributed by atoms with Crippen molar-refractivity contribution < 1.29 is 14.4 Å². The molecule has 0 N–H and O–H groups in total. The molecule has 0 aromatic heterocycles. The van der Waals surface area contributed by atoms with E-state index in [2.05, 4.69) is 14.8 Å². The number of hydrogen-bond donors (Lipinski definition) is 0. The first-order valence-electron chi connectivity index (χ1n) is 7.35. The number of ketones is 1. The molecule has 1 aromatic rings. The van der Waals surface area contributed by atoms with E-state index in [1.807, 2.05) is 0 Å². The van der Waals surface area contributed by atoms with Crippen LogP contribution in [0.1, 0.15) is 52.8 Å². The Bertz CT molecular complexity index is 541. The van der Waals surface area contributed by atoms with Crippen LogP contribution in [-0.4, -0.2) is 34.8 Å². The van der Waals surface area contributed by atoms with Gasteiger partial charge in [0.05, 0.1) is 11.1 Å². The number of carbonyl (C=O) groups excluding carboxylic acids is 3. The van der Waals surface area contributed by atoms with Crippen LogP contribution in [-0.2, 0) is 4.79 Å². The number of imide groups is 1. The van der Waals surface area contributed by atoms with Gasteiger partial charge in [0.2, 0.25) is 0 Å². The number of amides is 2. The summed E-state index contributed by atoms with van der Waals surface area (Å²) in [6.07, 6.45) is 3.75. The van der Waals surface area contributed by atoms with Gasteiger partial charge in [-0.3, -0.25) is 19.3 Å². The molecule has 0 aliphatic carbocycles. The van der Waals surface area contributed by atoms with Gasteiger partial charge in [0.1, 0.15) is 5.78 Å². The zero-order valence-corrected chi connectivity index (χ0v) is 14.6. The van der Waals surface area contributed by atoms with Gasteiger partial charge in [-0.15, -0.1) is 0 Å². The molecule has 22 heavy (non-hydrogen) atoms. The minimum atomic E-state index is -0.289. The van der Waals surface area contributed by atoms with Gasteiger partial charge in [0, 0.05) is 25.1 Å². The second-order valence-electron chi connectivity index (χ2n) is 5.22. The maximum absolute atomic E-state index is 12.1. The maximum atomic E-state index is 12.1. The van der Waals surface area contributed by atoms with Crippen LogP contribution in [0, 0.1) is 0 Å². The first-order valence-corrected chi connectivity index (χ1v) is 10.2. The largest absolute Gasteiger partial charge is 0.300 e. The summed E-state index contributed by atoms with van der Waals surface area (Å²) in [6.45, 7) is 0.183. The van der Waals surface area contributed by atoms with Crippen LogP contribution in [0.3, 0.4) is 0 Å². The zero-order valence-electron chi connectivity index (χ0n) is 12.2. The van der Waals surface area contributed by atoms with E-state index in [9.17, 15) is 14.4 Å². The highest BCUT2D eigenvalue weighted by Crippen LogP contribution is 2.22. The first kappa shape index (κ1) is 17.2. The quantitative estimate of drug-likeness (QED) is 0.480. The van der Waals surface area contributed by atoms with Crippen molar-refractivity contribution in [2.75, 3.05) is 12.3 Å². The molecule has 2 rings (SSSR count). The molecule has 0 saturated heterocycles. The summed E-state index contributed by atoms with van der Waals surface area (Å²) in [5.41, 5.74) is 0.874. The van der Waals surface area contributed by atoms with Gasteiger partial charge in [0.15, 0.2) is 0 Å². The molecule has 0 radical (unpaired) electrons. The van der Waals surface area contributed by atoms with Crippen molar-refractivity contribution in [1.29, 1.82) is 0 Å². The van der Waals surface area contributed by atoms with Crippen LogP contribution < -0.4 is 0 Å². The van der Waals surface area contributed by atoms with Crippen molar-refractivity contribution in [3.63, 3.8) is 0 Å². The number of nitrogens with zero attached hydrogens (tertiary/aromatic N) is 1. The Morgan fingerprint density at radius 2 is 1.64 bits per heavy atom. The first-order chi connectivity index (χ1) is 10.6. The Labute approximate surface area is 141 Å². The summed E-state index contributed by atoms with van der Waals surface area (Å²) in [5, 5.41) is 0. The van der Waals surface area contributed by atoms with E-state index >= 15 is 0 Å². The van der Waals surface area contributed by atoms with Gasteiger partial charge in [0.25, 0.3) is 11.8 Å². The molecule has 0 saturated carbocycles. The van der Waals surface area contributed by atoms with Crippen molar-refractivity contribution >= 4 is 42.6 Å². The molecule has 0 atom stereocenters. The molecule has 4 nitrogen and oxygen atoms in total. The summed E-state index contributed by atoms with van der Waals surface area (Å²) in [4.78, 5) is 37.3. The number of unbranched alkanes of at least 4 members (excludes halogenated alkanes) is 2. The molecule has 1 heterocycles. The fraction of sp³-hybridized carbons (Fsp3) is 0.438. The van der Waals surface area contributed by atoms with Gasteiger partial charge in [-0.2, -0.15) is 0 Å². The lowest BCUT2D eigenvalue weighted by Crippen LogP contribution is -2.31. The molecular weight excluding hydrogens is 366 g/mol. The van der Waals surface area contributed by atoms with Gasteiger partial charge in [-0.1, -0.05) is 28.7 Å². The Hall–Kier alpha value is -1.14. The third kappa shape index (κ3) is 4.20. The second kappa shape index (κ2) is 8.48. The summed E-state index contributed by atoms with van der Waals surface area (Å²) in [7, 11) is 1.63. The van der Waals surface area contributed by atoms with Crippen LogP contribution >= 0.6 is 25.0 Å². The fourth-order valence-electron chi connectivity index (χ4n) is 2.46. The van der Waals surface area contributed by atoms with Crippen molar-refractivity contribution in [3.05, 3.63) is 35.4 Å². The summed E-state index contributed by atoms with van der Waals surface area (Å²) in [6, 6.07) is 6.78. The lowest BCUT2D eigenvalue weighted by atomic mass is 10.1. The Morgan fingerprint density at radius 3 is 2.23 bits per heavy atom. The molecule has 0 bridgehead atoms. The molecule has 1 aromatic carbocycles. The van der Waals surface area contributed by atoms with Crippen molar-refractivity contribution in [2.24, 2.45) is 0 Å². The highest BCUT2D eigenvalue weighted by atomic mass is 79.9. The molecule has 0 fully saturated rings. The number of halogens is 1. The molecule has 2 amide bonds. The predicted octanol–water partition coefficient (Wildman–Crippen LogP) is 3.85. The topological polar surface area (TPSA) is 54.5 Å². The average Bonchev–Trinajstić information content (AvgIpc) is 2.77. The molecule has 1 aliphatic rings. The van der Waals surface area contributed by atoms with Crippen molar-refractivity contribution in [2.45, 2.75) is 32.1 Å². The van der Waals surface area contributed by atoms with E-state index < -0.39 is 0 Å². The highest BCUT2D eigenvalue weighted by Gasteiger charge is 2.34. The lowest BCUT2D eigenvalue weighted by molar-refractivity contribution is -0.119. The lowest BCUT2D eigenvalue weighted by Gasteiger charge is -2.12. The van der Waals surface area contributed by atoms with Gasteiger partial charge >= 0.3 is 0 Å². The smallest absolute Gasteiger partial charge is 0.261 e. The standard InChI is InChI=1S/C16H18BrNO3S/c17-22-11-5-1-2-6-12(19)9-10-18-15(20)13-7-3-4-8-14(13)16(18)21/h3-4,7-8H,1-2,5-6,9-11H2. The van der Waals surface area contributed by atoms with Crippen LogP contribution in [0.4, 0.5) is 0 Å². The van der Waals surface area contributed by atoms with Crippen LogP contribution in [0.2, 0.25) is 0 Å². The number of Topliss-reactive ketones (excluding diaryl/α,β-unsaturated/α-hetero) is 1. The third-order valence-corrected chi connectivity index (χ3v) is 5.08. The predicted molar refractivity (Wildman–Crippen MR) is 91.3 cm³/mol. The summed E-state index contributed by atoms with van der Waals surface area (Å²) >= 11 is 3.30. The Balaban J connectivity index is 1.77. The molecule has 0 spiro atoms. The maximum Gasteiger partial charge on any atom is 0.261 e. The van der Waals surface area contributed by atoms with Crippen LogP contribution in [0.15, 0.2) is 24.3 Å². The van der Waals surface area contributed by atoms with Gasteiger partial charge in [-0.25, -0.2) is 0 Å². The average molecular weight is 384 g/mol. The molecule has 1 aliphatic heterocycles. The SMILES string of the molecule is O=C(CCCCCSBr)CCN1C(=O)c2ccccc2C1=O. The minimum absolute atomic E-state index is 0.114. The van der Waals surface area contributed by atoms with E-state index in [0.29, 0.717) is 17.5 Å². The molecular formula is C16H18BrNO3S. The van der Waals surface area contributed by atoms with Crippen molar-refractivity contribution in [1.82, 2.24) is 4.90 Å². The van der Waals surface area contributed by atoms with E-state index in [1.54, 1.807) is 34.5 Å². The summed E-state index contributed by atoms with van der Waals surface area (Å²) in [5.74, 6) is 0.581. The Morgan fingerprint density at radius 1 is 1.00 bits per heavy atom. The number of rotatable bonds is 9. The molecule has 6 heteroatoms. The summed E-state index contributed by atoms with van der Waals surface area (Å²) < 4.78 is 0.